The Morgan fingerprint density at radius 3 is 2.81 bits per heavy atom. The number of carbonyl (C=O) groups is 1. The molecule has 0 saturated heterocycles. The van der Waals surface area contributed by atoms with Crippen molar-refractivity contribution in [3.05, 3.63) is 41.2 Å². The summed E-state index contributed by atoms with van der Waals surface area (Å²) >= 11 is 0. The van der Waals surface area contributed by atoms with Gasteiger partial charge in [0.2, 0.25) is 0 Å². The smallest absolute Gasteiger partial charge is 0.261 e. The van der Waals surface area contributed by atoms with E-state index in [2.05, 4.69) is 5.10 Å². The van der Waals surface area contributed by atoms with Crippen molar-refractivity contribution < 1.29 is 9.53 Å². The molecule has 3 rings (SSSR count). The molecule has 5 heteroatoms. The van der Waals surface area contributed by atoms with Crippen LogP contribution in [0.1, 0.15) is 28.5 Å². The lowest BCUT2D eigenvalue weighted by Gasteiger charge is -2.33. The molecule has 0 N–H and O–H groups in total. The van der Waals surface area contributed by atoms with Crippen LogP contribution in [0.3, 0.4) is 0 Å². The maximum atomic E-state index is 12.9. The van der Waals surface area contributed by atoms with E-state index in [1.54, 1.807) is 15.8 Å². The average molecular weight is 285 g/mol. The molecule has 1 aliphatic heterocycles. The summed E-state index contributed by atoms with van der Waals surface area (Å²) in [6.45, 7) is 6.38. The molecule has 5 nitrogen and oxygen atoms in total. The van der Waals surface area contributed by atoms with Crippen LogP contribution >= 0.6 is 0 Å². The first-order valence-corrected chi connectivity index (χ1v) is 7.05. The van der Waals surface area contributed by atoms with Crippen molar-refractivity contribution in [1.82, 2.24) is 9.78 Å². The summed E-state index contributed by atoms with van der Waals surface area (Å²) in [6.07, 6.45) is 1.74. The standard InChI is InChI=1S/C16H19N3O2/c1-10-5-6-15-14(7-10)19(8-11(2)21-15)16(20)13-9-18(4)17-12(13)3/h5-7,9,11H,8H2,1-4H3. The maximum absolute atomic E-state index is 12.9. The number of anilines is 1. The SMILES string of the molecule is Cc1ccc2c(c1)N(C(=O)c1cn(C)nc1C)CC(C)O2. The second-order valence-electron chi connectivity index (χ2n) is 5.62. The van der Waals surface area contributed by atoms with Crippen molar-refractivity contribution in [2.75, 3.05) is 11.4 Å². The van der Waals surface area contributed by atoms with Gasteiger partial charge in [-0.1, -0.05) is 6.07 Å². The third-order valence-electron chi connectivity index (χ3n) is 3.66. The molecular weight excluding hydrogens is 266 g/mol. The van der Waals surface area contributed by atoms with Crippen LogP contribution in [0.2, 0.25) is 0 Å². The Morgan fingerprint density at radius 1 is 1.38 bits per heavy atom. The van der Waals surface area contributed by atoms with E-state index in [1.807, 2.05) is 46.0 Å². The summed E-state index contributed by atoms with van der Waals surface area (Å²) in [5.41, 5.74) is 3.32. The number of aromatic nitrogens is 2. The zero-order valence-electron chi connectivity index (χ0n) is 12.8. The van der Waals surface area contributed by atoms with Crippen LogP contribution in [0.15, 0.2) is 24.4 Å². The normalized spacial score (nSPS) is 17.3. The second-order valence-corrected chi connectivity index (χ2v) is 5.62. The van der Waals surface area contributed by atoms with Crippen LogP contribution in [-0.4, -0.2) is 28.3 Å². The number of hydrogen-bond donors (Lipinski definition) is 0. The van der Waals surface area contributed by atoms with Gasteiger partial charge in [-0.05, 0) is 38.5 Å². The molecule has 1 atom stereocenters. The Bertz CT molecular complexity index is 706. The molecule has 110 valence electrons. The zero-order valence-corrected chi connectivity index (χ0v) is 12.8. The van der Waals surface area contributed by atoms with E-state index in [0.717, 1.165) is 22.7 Å². The van der Waals surface area contributed by atoms with E-state index in [9.17, 15) is 4.79 Å². The van der Waals surface area contributed by atoms with Crippen LogP contribution in [0.4, 0.5) is 5.69 Å². The maximum Gasteiger partial charge on any atom is 0.261 e. The van der Waals surface area contributed by atoms with Gasteiger partial charge in [-0.25, -0.2) is 0 Å². The van der Waals surface area contributed by atoms with Crippen molar-refractivity contribution >= 4 is 11.6 Å². The summed E-state index contributed by atoms with van der Waals surface area (Å²) in [4.78, 5) is 14.7. The van der Waals surface area contributed by atoms with Crippen LogP contribution in [0.5, 0.6) is 5.75 Å². The van der Waals surface area contributed by atoms with Crippen LogP contribution < -0.4 is 9.64 Å². The number of benzene rings is 1. The van der Waals surface area contributed by atoms with E-state index in [4.69, 9.17) is 4.74 Å². The van der Waals surface area contributed by atoms with Gasteiger partial charge >= 0.3 is 0 Å². The lowest BCUT2D eigenvalue weighted by molar-refractivity contribution is 0.0960. The molecule has 0 spiro atoms. The molecule has 1 amide bonds. The molecule has 0 radical (unpaired) electrons. The van der Waals surface area contributed by atoms with Gasteiger partial charge in [0.05, 0.1) is 23.5 Å². The van der Waals surface area contributed by atoms with E-state index in [1.165, 1.54) is 0 Å². The van der Waals surface area contributed by atoms with Gasteiger partial charge in [0, 0.05) is 13.2 Å². The largest absolute Gasteiger partial charge is 0.487 e. The van der Waals surface area contributed by atoms with Crippen molar-refractivity contribution in [2.24, 2.45) is 7.05 Å². The number of carbonyl (C=O) groups excluding carboxylic acids is 1. The first-order valence-electron chi connectivity index (χ1n) is 7.05. The van der Waals surface area contributed by atoms with Crippen molar-refractivity contribution in [2.45, 2.75) is 26.9 Å². The van der Waals surface area contributed by atoms with Gasteiger partial charge in [0.15, 0.2) is 0 Å². The highest BCUT2D eigenvalue weighted by Gasteiger charge is 2.29. The minimum atomic E-state index is -0.0267. The summed E-state index contributed by atoms with van der Waals surface area (Å²) < 4.78 is 7.49. The molecule has 0 bridgehead atoms. The van der Waals surface area contributed by atoms with E-state index in [0.29, 0.717) is 12.1 Å². The number of aryl methyl sites for hydroxylation is 3. The van der Waals surface area contributed by atoms with Gasteiger partial charge in [0.25, 0.3) is 5.91 Å². The molecule has 0 fully saturated rings. The number of hydrogen-bond acceptors (Lipinski definition) is 3. The van der Waals surface area contributed by atoms with E-state index in [-0.39, 0.29) is 12.0 Å². The molecular formula is C16H19N3O2. The first-order chi connectivity index (χ1) is 9.95. The average Bonchev–Trinajstić information content (AvgIpc) is 2.76. The molecule has 2 aromatic rings. The number of fused-ring (bicyclic) bond motifs is 1. The van der Waals surface area contributed by atoms with Gasteiger partial charge < -0.3 is 9.64 Å². The fourth-order valence-corrected chi connectivity index (χ4v) is 2.69. The first kappa shape index (κ1) is 13.7. The Balaban J connectivity index is 2.04. The Hall–Kier alpha value is -2.30. The molecule has 0 saturated carbocycles. The minimum absolute atomic E-state index is 0.0254. The van der Waals surface area contributed by atoms with E-state index < -0.39 is 0 Å². The highest BCUT2D eigenvalue weighted by Crippen LogP contribution is 2.35. The topological polar surface area (TPSA) is 47.4 Å². The van der Waals surface area contributed by atoms with Gasteiger partial charge in [-0.3, -0.25) is 9.48 Å². The number of amides is 1. The molecule has 1 aliphatic rings. The Labute approximate surface area is 124 Å². The molecule has 1 aromatic carbocycles. The highest BCUT2D eigenvalue weighted by atomic mass is 16.5. The lowest BCUT2D eigenvalue weighted by atomic mass is 10.1. The third-order valence-corrected chi connectivity index (χ3v) is 3.66. The fourth-order valence-electron chi connectivity index (χ4n) is 2.69. The van der Waals surface area contributed by atoms with Crippen molar-refractivity contribution in [3.8, 4) is 5.75 Å². The summed E-state index contributed by atoms with van der Waals surface area (Å²) in [6, 6.07) is 5.91. The summed E-state index contributed by atoms with van der Waals surface area (Å²) in [5.74, 6) is 0.733. The van der Waals surface area contributed by atoms with Crippen LogP contribution in [-0.2, 0) is 7.05 Å². The molecule has 2 heterocycles. The lowest BCUT2D eigenvalue weighted by Crippen LogP contribution is -2.42. The van der Waals surface area contributed by atoms with Crippen molar-refractivity contribution in [1.29, 1.82) is 0 Å². The van der Waals surface area contributed by atoms with Crippen molar-refractivity contribution in [3.63, 3.8) is 0 Å². The second kappa shape index (κ2) is 4.91. The molecule has 0 aliphatic carbocycles. The van der Waals surface area contributed by atoms with Crippen LogP contribution in [0.25, 0.3) is 0 Å². The molecule has 1 aromatic heterocycles. The highest BCUT2D eigenvalue weighted by molar-refractivity contribution is 6.07. The summed E-state index contributed by atoms with van der Waals surface area (Å²) in [5, 5.41) is 4.26. The number of nitrogens with zero attached hydrogens (tertiary/aromatic N) is 3. The monoisotopic (exact) mass is 285 g/mol. The zero-order chi connectivity index (χ0) is 15.1. The summed E-state index contributed by atoms with van der Waals surface area (Å²) in [7, 11) is 1.82. The quantitative estimate of drug-likeness (QED) is 0.808. The van der Waals surface area contributed by atoms with Gasteiger partial charge in [-0.15, -0.1) is 0 Å². The third kappa shape index (κ3) is 2.39. The number of rotatable bonds is 1. The van der Waals surface area contributed by atoms with Gasteiger partial charge in [-0.2, -0.15) is 5.10 Å². The molecule has 1 unspecified atom stereocenters. The van der Waals surface area contributed by atoms with Gasteiger partial charge in [0.1, 0.15) is 11.9 Å². The van der Waals surface area contributed by atoms with Crippen LogP contribution in [0, 0.1) is 13.8 Å². The predicted octanol–water partition coefficient (Wildman–Crippen LogP) is 2.46. The van der Waals surface area contributed by atoms with E-state index >= 15 is 0 Å². The molecule has 21 heavy (non-hydrogen) atoms. The predicted molar refractivity (Wildman–Crippen MR) is 80.9 cm³/mol. The minimum Gasteiger partial charge on any atom is -0.487 e. The Morgan fingerprint density at radius 2 is 2.14 bits per heavy atom. The fraction of sp³-hybridized carbons (Fsp3) is 0.375. The Kier molecular flexibility index (Phi) is 3.20. The number of ether oxygens (including phenoxy) is 1.